The Morgan fingerprint density at radius 1 is 1.21 bits per heavy atom. The van der Waals surface area contributed by atoms with Gasteiger partial charge in [-0.1, -0.05) is 18.2 Å². The number of hydrogen-bond acceptors (Lipinski definition) is 5. The summed E-state index contributed by atoms with van der Waals surface area (Å²) in [7, 11) is 0. The van der Waals surface area contributed by atoms with Crippen LogP contribution in [0.5, 0.6) is 5.75 Å². The van der Waals surface area contributed by atoms with Gasteiger partial charge in [-0.3, -0.25) is 9.59 Å². The van der Waals surface area contributed by atoms with E-state index < -0.39 is 0 Å². The predicted octanol–water partition coefficient (Wildman–Crippen LogP) is 2.66. The molecule has 3 rings (SSSR count). The van der Waals surface area contributed by atoms with Crippen molar-refractivity contribution in [3.63, 3.8) is 0 Å². The third-order valence-electron chi connectivity index (χ3n) is 5.29. The number of carbonyl (C=O) groups is 2. The molecule has 2 amide bonds. The van der Waals surface area contributed by atoms with E-state index in [-0.39, 0.29) is 24.3 Å². The number of rotatable bonds is 7. The third-order valence-corrected chi connectivity index (χ3v) is 5.29. The number of benzene rings is 1. The van der Waals surface area contributed by atoms with E-state index in [9.17, 15) is 9.59 Å². The zero-order chi connectivity index (χ0) is 20.8. The van der Waals surface area contributed by atoms with E-state index in [0.29, 0.717) is 49.0 Å². The van der Waals surface area contributed by atoms with Crippen molar-refractivity contribution in [2.45, 2.75) is 33.1 Å². The average Bonchev–Trinajstić information content (AvgIpc) is 3.24. The Kier molecular flexibility index (Phi) is 6.80. The van der Waals surface area contributed by atoms with Gasteiger partial charge in [0.15, 0.2) is 6.61 Å². The average molecular weight is 396 g/mol. The minimum Gasteiger partial charge on any atom is -0.484 e. The van der Waals surface area contributed by atoms with E-state index in [1.165, 1.54) is 0 Å². The van der Waals surface area contributed by atoms with Gasteiger partial charge >= 0.3 is 0 Å². The maximum Gasteiger partial charge on any atom is 0.260 e. The smallest absolute Gasteiger partial charge is 0.260 e. The number of nitrogens with zero attached hydrogens (tertiary/aromatic N) is 4. The number of para-hydroxylation sites is 1. The fourth-order valence-corrected chi connectivity index (χ4v) is 3.52. The van der Waals surface area contributed by atoms with Crippen LogP contribution < -0.4 is 4.74 Å². The summed E-state index contributed by atoms with van der Waals surface area (Å²) in [5.74, 6) is 1.37. The van der Waals surface area contributed by atoms with Crippen molar-refractivity contribution in [2.75, 3.05) is 32.8 Å². The Morgan fingerprint density at radius 2 is 1.93 bits per heavy atom. The van der Waals surface area contributed by atoms with Gasteiger partial charge in [0.1, 0.15) is 11.6 Å². The van der Waals surface area contributed by atoms with Gasteiger partial charge in [0.25, 0.3) is 11.8 Å². The first-order valence-corrected chi connectivity index (χ1v) is 10.1. The molecule has 0 bridgehead atoms. The molecular weight excluding hydrogens is 368 g/mol. The predicted molar refractivity (Wildman–Crippen MR) is 110 cm³/mol. The molecule has 1 fully saturated rings. The second kappa shape index (κ2) is 9.49. The van der Waals surface area contributed by atoms with Crippen LogP contribution in [0.4, 0.5) is 0 Å². The first-order valence-electron chi connectivity index (χ1n) is 10.1. The van der Waals surface area contributed by atoms with Crippen molar-refractivity contribution in [3.05, 3.63) is 53.6 Å². The van der Waals surface area contributed by atoms with Gasteiger partial charge in [0, 0.05) is 38.3 Å². The second-order valence-electron chi connectivity index (χ2n) is 7.13. The Morgan fingerprint density at radius 3 is 2.59 bits per heavy atom. The number of ether oxygens (including phenoxy) is 1. The normalized spacial score (nSPS) is 16.0. The molecule has 2 heterocycles. The van der Waals surface area contributed by atoms with Crippen LogP contribution >= 0.6 is 0 Å². The van der Waals surface area contributed by atoms with Crippen LogP contribution in [0.3, 0.4) is 0 Å². The molecule has 1 atom stereocenters. The summed E-state index contributed by atoms with van der Waals surface area (Å²) >= 11 is 0. The van der Waals surface area contributed by atoms with Gasteiger partial charge in [-0.05, 0) is 39.3 Å². The molecule has 1 aliphatic heterocycles. The van der Waals surface area contributed by atoms with Crippen LogP contribution in [0, 0.1) is 6.92 Å². The van der Waals surface area contributed by atoms with Gasteiger partial charge < -0.3 is 14.5 Å². The number of aromatic nitrogens is 2. The summed E-state index contributed by atoms with van der Waals surface area (Å²) in [5, 5.41) is 0. The highest BCUT2D eigenvalue weighted by molar-refractivity contribution is 5.94. The zero-order valence-electron chi connectivity index (χ0n) is 17.3. The molecule has 1 aromatic carbocycles. The molecule has 1 aliphatic rings. The first kappa shape index (κ1) is 20.8. The Balaban J connectivity index is 1.60. The van der Waals surface area contributed by atoms with Crippen LogP contribution in [0.1, 0.15) is 48.1 Å². The molecule has 7 heteroatoms. The minimum absolute atomic E-state index is 0.0218. The Hall–Kier alpha value is -2.96. The maximum absolute atomic E-state index is 12.6. The highest BCUT2D eigenvalue weighted by Gasteiger charge is 2.30. The lowest BCUT2D eigenvalue weighted by Crippen LogP contribution is -2.33. The molecule has 0 radical (unpaired) electrons. The van der Waals surface area contributed by atoms with Crippen molar-refractivity contribution in [3.8, 4) is 5.75 Å². The lowest BCUT2D eigenvalue weighted by Gasteiger charge is -2.20. The summed E-state index contributed by atoms with van der Waals surface area (Å²) in [6, 6.07) is 9.32. The van der Waals surface area contributed by atoms with Crippen molar-refractivity contribution in [1.29, 1.82) is 0 Å². The number of aryl methyl sites for hydroxylation is 1. The number of carbonyl (C=O) groups excluding carboxylic acids is 2. The maximum atomic E-state index is 12.6. The molecule has 2 aromatic rings. The second-order valence-corrected chi connectivity index (χ2v) is 7.13. The molecule has 1 saturated heterocycles. The molecule has 0 spiro atoms. The Labute approximate surface area is 171 Å². The summed E-state index contributed by atoms with van der Waals surface area (Å²) in [6.45, 7) is 8.31. The van der Waals surface area contributed by atoms with Gasteiger partial charge in [-0.25, -0.2) is 9.97 Å². The van der Waals surface area contributed by atoms with Gasteiger partial charge in [0.05, 0.1) is 11.3 Å². The lowest BCUT2D eigenvalue weighted by atomic mass is 10.1. The van der Waals surface area contributed by atoms with Crippen LogP contribution in [0.25, 0.3) is 0 Å². The number of amides is 2. The van der Waals surface area contributed by atoms with Crippen LogP contribution in [0.15, 0.2) is 36.5 Å². The van der Waals surface area contributed by atoms with Gasteiger partial charge in [0.2, 0.25) is 0 Å². The van der Waals surface area contributed by atoms with E-state index in [1.807, 2.05) is 51.1 Å². The molecule has 1 aromatic heterocycles. The van der Waals surface area contributed by atoms with Crippen LogP contribution in [0.2, 0.25) is 0 Å². The first-order chi connectivity index (χ1) is 14.0. The summed E-state index contributed by atoms with van der Waals surface area (Å²) in [6.07, 6.45) is 2.43. The minimum atomic E-state index is -0.0414. The standard InChI is InChI=1S/C22H28N4O3/c1-4-25(5-2)22(28)19-13-23-21(24-16(19)3)17-11-12-26(14-17)20(27)15-29-18-9-7-6-8-10-18/h6-10,13,17H,4-5,11-12,14-15H2,1-3H3. The fourth-order valence-electron chi connectivity index (χ4n) is 3.52. The van der Waals surface area contributed by atoms with Crippen molar-refractivity contribution >= 4 is 11.8 Å². The van der Waals surface area contributed by atoms with Crippen molar-refractivity contribution < 1.29 is 14.3 Å². The number of hydrogen-bond donors (Lipinski definition) is 0. The summed E-state index contributed by atoms with van der Waals surface area (Å²) in [4.78, 5) is 37.6. The van der Waals surface area contributed by atoms with E-state index in [0.717, 1.165) is 6.42 Å². The van der Waals surface area contributed by atoms with Crippen molar-refractivity contribution in [1.82, 2.24) is 19.8 Å². The van der Waals surface area contributed by atoms with Crippen LogP contribution in [-0.4, -0.2) is 64.4 Å². The molecule has 7 nitrogen and oxygen atoms in total. The van der Waals surface area contributed by atoms with Gasteiger partial charge in [-0.2, -0.15) is 0 Å². The molecule has 29 heavy (non-hydrogen) atoms. The fraction of sp³-hybridized carbons (Fsp3) is 0.455. The Bertz CT molecular complexity index is 852. The van der Waals surface area contributed by atoms with E-state index in [4.69, 9.17) is 4.74 Å². The highest BCUT2D eigenvalue weighted by atomic mass is 16.5. The number of likely N-dealkylation sites (tertiary alicyclic amines) is 1. The van der Waals surface area contributed by atoms with E-state index >= 15 is 0 Å². The third kappa shape index (κ3) is 4.91. The summed E-state index contributed by atoms with van der Waals surface area (Å²) in [5.41, 5.74) is 1.23. The van der Waals surface area contributed by atoms with Crippen molar-refractivity contribution in [2.24, 2.45) is 0 Å². The van der Waals surface area contributed by atoms with Gasteiger partial charge in [-0.15, -0.1) is 0 Å². The van der Waals surface area contributed by atoms with E-state index in [2.05, 4.69) is 9.97 Å². The molecule has 0 saturated carbocycles. The monoisotopic (exact) mass is 396 g/mol. The SMILES string of the molecule is CCN(CC)C(=O)c1cnc(C2CCN(C(=O)COc3ccccc3)C2)nc1C. The molecule has 1 unspecified atom stereocenters. The molecule has 154 valence electrons. The molecule has 0 aliphatic carbocycles. The molecular formula is C22H28N4O3. The largest absolute Gasteiger partial charge is 0.484 e. The van der Waals surface area contributed by atoms with Crippen LogP contribution in [-0.2, 0) is 4.79 Å². The zero-order valence-corrected chi connectivity index (χ0v) is 17.3. The highest BCUT2D eigenvalue weighted by Crippen LogP contribution is 2.25. The lowest BCUT2D eigenvalue weighted by molar-refractivity contribution is -0.132. The summed E-state index contributed by atoms with van der Waals surface area (Å²) < 4.78 is 5.56. The quantitative estimate of drug-likeness (QED) is 0.719. The topological polar surface area (TPSA) is 75.6 Å². The van der Waals surface area contributed by atoms with E-state index in [1.54, 1.807) is 16.0 Å². The molecule has 0 N–H and O–H groups in total.